The van der Waals surface area contributed by atoms with Crippen LogP contribution in [-0.4, -0.2) is 18.7 Å². The summed E-state index contributed by atoms with van der Waals surface area (Å²) in [6.07, 6.45) is 0. The molecule has 13 heavy (non-hydrogen) atoms. The molecule has 0 saturated heterocycles. The van der Waals surface area contributed by atoms with Crippen LogP contribution in [0.4, 0.5) is 5.69 Å². The first-order valence-corrected chi connectivity index (χ1v) is 3.88. The predicted molar refractivity (Wildman–Crippen MR) is 49.2 cm³/mol. The predicted octanol–water partition coefficient (Wildman–Crippen LogP) is 1.50. The highest BCUT2D eigenvalue weighted by atomic mass is 35.5. The van der Waals surface area contributed by atoms with E-state index in [4.69, 9.17) is 15.7 Å². The Morgan fingerprint density at radius 2 is 2.23 bits per heavy atom. The van der Waals surface area contributed by atoms with Crippen LogP contribution in [0.25, 0.3) is 0 Å². The van der Waals surface area contributed by atoms with Gasteiger partial charge in [0.25, 0.3) is 11.7 Å². The molecule has 0 fully saturated rings. The van der Waals surface area contributed by atoms with Crippen molar-refractivity contribution in [2.75, 3.05) is 11.9 Å². The molecule has 0 atom stereocenters. The topological polar surface area (TPSA) is 37.4 Å². The second kappa shape index (κ2) is 2.57. The normalized spacial score (nSPS) is 19.5. The Labute approximate surface area is 84.1 Å². The first kappa shape index (κ1) is 5.40. The number of likely N-dealkylation sites (N-methyl/N-ethyl adjacent to an activating group) is 1. The van der Waals surface area contributed by atoms with Gasteiger partial charge in [0.05, 0.1) is 11.3 Å². The Kier molecular flexibility index (Phi) is 1.07. The molecule has 0 unspecified atom stereocenters. The average molecular weight is 199 g/mol. The molecular formula is C9H6ClNO2. The fourth-order valence-corrected chi connectivity index (χ4v) is 1.38. The van der Waals surface area contributed by atoms with Gasteiger partial charge in [-0.15, -0.1) is 0 Å². The van der Waals surface area contributed by atoms with Gasteiger partial charge < -0.3 is 4.90 Å². The van der Waals surface area contributed by atoms with Gasteiger partial charge in [0.2, 0.25) is 0 Å². The minimum absolute atomic E-state index is 0.0358. The van der Waals surface area contributed by atoms with E-state index in [9.17, 15) is 9.59 Å². The number of anilines is 1. The van der Waals surface area contributed by atoms with Gasteiger partial charge in [-0.2, -0.15) is 0 Å². The summed E-state index contributed by atoms with van der Waals surface area (Å²) in [6.45, 7) is -2.66. The highest BCUT2D eigenvalue weighted by molar-refractivity contribution is 6.52. The Bertz CT molecular complexity index is 498. The number of Topliss-reactive ketones (excluding diaryl/α,β-unsaturated/α-hetero) is 1. The minimum Gasteiger partial charge on any atom is -0.308 e. The van der Waals surface area contributed by atoms with Gasteiger partial charge >= 0.3 is 0 Å². The molecule has 0 aromatic heterocycles. The highest BCUT2D eigenvalue weighted by Crippen LogP contribution is 2.29. The monoisotopic (exact) mass is 198 g/mol. The highest BCUT2D eigenvalue weighted by Gasteiger charge is 2.33. The maximum atomic E-state index is 11.5. The Morgan fingerprint density at radius 3 is 2.92 bits per heavy atom. The minimum atomic E-state index is -2.66. The molecule has 0 bridgehead atoms. The Morgan fingerprint density at radius 1 is 1.46 bits per heavy atom. The van der Waals surface area contributed by atoms with Crippen LogP contribution in [0.15, 0.2) is 18.2 Å². The first-order chi connectivity index (χ1) is 7.32. The summed E-state index contributed by atoms with van der Waals surface area (Å²) >= 11 is 5.68. The summed E-state index contributed by atoms with van der Waals surface area (Å²) in [5, 5.41) is 0.285. The van der Waals surface area contributed by atoms with Crippen LogP contribution in [0.3, 0.4) is 0 Å². The summed E-state index contributed by atoms with van der Waals surface area (Å²) < 4.78 is 21.6. The van der Waals surface area contributed by atoms with Gasteiger partial charge in [0, 0.05) is 16.1 Å². The average Bonchev–Trinajstić information content (AvgIpc) is 2.40. The first-order valence-electron chi connectivity index (χ1n) is 5.01. The molecule has 0 saturated carbocycles. The van der Waals surface area contributed by atoms with Crippen molar-refractivity contribution < 1.29 is 13.7 Å². The number of fused-ring (bicyclic) bond motifs is 1. The molecule has 3 nitrogen and oxygen atoms in total. The number of hydrogen-bond acceptors (Lipinski definition) is 2. The fraction of sp³-hybridized carbons (Fsp3) is 0.111. The maximum Gasteiger partial charge on any atom is 0.299 e. The number of rotatable bonds is 0. The summed E-state index contributed by atoms with van der Waals surface area (Å²) in [4.78, 5) is 23.5. The second-order valence-corrected chi connectivity index (χ2v) is 3.07. The van der Waals surface area contributed by atoms with Gasteiger partial charge in [0.1, 0.15) is 0 Å². The molecule has 1 aliphatic rings. The molecule has 1 aliphatic heterocycles. The van der Waals surface area contributed by atoms with Gasteiger partial charge in [0.15, 0.2) is 0 Å². The molecule has 0 aliphatic carbocycles. The fourth-order valence-electron chi connectivity index (χ4n) is 1.21. The number of hydrogen-bond donors (Lipinski definition) is 0. The number of carbonyl (C=O) groups is 2. The van der Waals surface area contributed by atoms with E-state index in [0.717, 1.165) is 0 Å². The number of halogens is 1. The molecule has 1 heterocycles. The zero-order chi connectivity index (χ0) is 12.1. The third kappa shape index (κ3) is 1.04. The second-order valence-electron chi connectivity index (χ2n) is 2.63. The van der Waals surface area contributed by atoms with E-state index in [1.165, 1.54) is 18.2 Å². The van der Waals surface area contributed by atoms with Crippen molar-refractivity contribution in [2.24, 2.45) is 0 Å². The maximum absolute atomic E-state index is 11.5. The standard InChI is InChI=1S/C9H6ClNO2/c1-11-7-3-2-5(10)4-6(7)8(12)9(11)13/h2-4H,1H3/i1D3. The lowest BCUT2D eigenvalue weighted by molar-refractivity contribution is -0.114. The van der Waals surface area contributed by atoms with Crippen molar-refractivity contribution in [1.29, 1.82) is 0 Å². The summed E-state index contributed by atoms with van der Waals surface area (Å²) in [5.41, 5.74) is 0.119. The quantitative estimate of drug-likeness (QED) is 0.593. The van der Waals surface area contributed by atoms with Gasteiger partial charge in [-0.1, -0.05) is 11.6 Å². The third-order valence-corrected chi connectivity index (χ3v) is 2.08. The lowest BCUT2D eigenvalue weighted by atomic mass is 10.1. The molecule has 1 amide bonds. The van der Waals surface area contributed by atoms with Gasteiger partial charge in [-0.05, 0) is 18.2 Å². The SMILES string of the molecule is [2H]C([2H])([2H])N1C(=O)C(=O)c2cc(Cl)ccc21. The van der Waals surface area contributed by atoms with Crippen LogP contribution < -0.4 is 4.90 Å². The van der Waals surface area contributed by atoms with Crippen LogP contribution in [0.1, 0.15) is 14.5 Å². The van der Waals surface area contributed by atoms with E-state index in [2.05, 4.69) is 0 Å². The zero-order valence-electron chi connectivity index (χ0n) is 9.37. The van der Waals surface area contributed by atoms with Crippen LogP contribution >= 0.6 is 11.6 Å². The van der Waals surface area contributed by atoms with Crippen molar-refractivity contribution in [3.8, 4) is 0 Å². The summed E-state index contributed by atoms with van der Waals surface area (Å²) in [6, 6.07) is 4.08. The van der Waals surface area contributed by atoms with E-state index in [1.54, 1.807) is 0 Å². The molecule has 4 heteroatoms. The van der Waals surface area contributed by atoms with Gasteiger partial charge in [-0.3, -0.25) is 9.59 Å². The summed E-state index contributed by atoms with van der Waals surface area (Å²) in [5.74, 6) is -1.88. The Balaban J connectivity index is 2.64. The van der Waals surface area contributed by atoms with E-state index in [1.807, 2.05) is 0 Å². The summed E-state index contributed by atoms with van der Waals surface area (Å²) in [7, 11) is 0. The molecule has 0 radical (unpaired) electrons. The van der Waals surface area contributed by atoms with Crippen molar-refractivity contribution in [3.63, 3.8) is 0 Å². The smallest absolute Gasteiger partial charge is 0.299 e. The Hall–Kier alpha value is -1.35. The number of ketones is 1. The van der Waals surface area contributed by atoms with E-state index >= 15 is 0 Å². The van der Waals surface area contributed by atoms with Crippen LogP contribution in [0, 0.1) is 0 Å². The van der Waals surface area contributed by atoms with Crippen LogP contribution in [0.2, 0.25) is 5.02 Å². The van der Waals surface area contributed by atoms with Crippen molar-refractivity contribution in [1.82, 2.24) is 0 Å². The van der Waals surface area contributed by atoms with Crippen molar-refractivity contribution >= 4 is 29.0 Å². The van der Waals surface area contributed by atoms with Gasteiger partial charge in [-0.25, -0.2) is 0 Å². The van der Waals surface area contributed by atoms with Crippen LogP contribution in [0.5, 0.6) is 0 Å². The zero-order valence-corrected chi connectivity index (χ0v) is 7.13. The molecule has 0 N–H and O–H groups in total. The van der Waals surface area contributed by atoms with Crippen molar-refractivity contribution in [3.05, 3.63) is 28.8 Å². The van der Waals surface area contributed by atoms with Crippen LogP contribution in [-0.2, 0) is 4.79 Å². The number of carbonyl (C=O) groups excluding carboxylic acids is 2. The number of amides is 1. The van der Waals surface area contributed by atoms with Crippen molar-refractivity contribution in [2.45, 2.75) is 0 Å². The van der Waals surface area contributed by atoms with E-state index in [-0.39, 0.29) is 16.3 Å². The molecule has 2 rings (SSSR count). The lowest BCUT2D eigenvalue weighted by Crippen LogP contribution is -2.24. The molecule has 1 aromatic rings. The van der Waals surface area contributed by atoms with E-state index < -0.39 is 18.7 Å². The molecule has 1 aromatic carbocycles. The molecular weight excluding hydrogens is 190 g/mol. The third-order valence-electron chi connectivity index (χ3n) is 1.84. The molecule has 66 valence electrons. The number of nitrogens with zero attached hydrogens (tertiary/aromatic N) is 1. The van der Waals surface area contributed by atoms with E-state index in [0.29, 0.717) is 4.90 Å². The number of benzene rings is 1. The largest absolute Gasteiger partial charge is 0.308 e. The lowest BCUT2D eigenvalue weighted by Gasteiger charge is -2.07. The molecule has 0 spiro atoms.